The molecule has 0 atom stereocenters. The van der Waals surface area contributed by atoms with E-state index in [1.807, 2.05) is 6.07 Å². The van der Waals surface area contributed by atoms with Crippen LogP contribution in [0.15, 0.2) is 29.3 Å². The molecule has 0 bridgehead atoms. The maximum Gasteiger partial charge on any atom is 0.190 e. The van der Waals surface area contributed by atoms with Crippen molar-refractivity contribution < 1.29 is 4.39 Å². The van der Waals surface area contributed by atoms with Crippen LogP contribution in [0.2, 0.25) is 0 Å². The molecule has 2 N–H and O–H groups in total. The minimum atomic E-state index is -0.154. The second-order valence-electron chi connectivity index (χ2n) is 3.09. The van der Waals surface area contributed by atoms with E-state index in [1.165, 1.54) is 6.07 Å². The Morgan fingerprint density at radius 2 is 2.06 bits per heavy atom. The molecule has 0 aromatic heterocycles. The molecule has 0 aliphatic carbocycles. The molecular formula is C11H17FIN3. The smallest absolute Gasteiger partial charge is 0.190 e. The van der Waals surface area contributed by atoms with Gasteiger partial charge in [0.2, 0.25) is 0 Å². The lowest BCUT2D eigenvalue weighted by Crippen LogP contribution is -2.35. The molecule has 0 unspecified atom stereocenters. The van der Waals surface area contributed by atoms with E-state index in [0.717, 1.165) is 5.56 Å². The van der Waals surface area contributed by atoms with E-state index in [9.17, 15) is 4.39 Å². The molecule has 5 heteroatoms. The summed E-state index contributed by atoms with van der Waals surface area (Å²) in [7, 11) is 3.49. The Bertz CT molecular complexity index is 342. The van der Waals surface area contributed by atoms with Gasteiger partial charge in [0.15, 0.2) is 5.96 Å². The third kappa shape index (κ3) is 4.78. The van der Waals surface area contributed by atoms with Crippen molar-refractivity contribution in [2.45, 2.75) is 6.42 Å². The first kappa shape index (κ1) is 15.2. The number of nitrogens with one attached hydrogen (secondary N) is 2. The third-order valence-electron chi connectivity index (χ3n) is 2.11. The van der Waals surface area contributed by atoms with Crippen molar-refractivity contribution in [3.8, 4) is 0 Å². The normalized spacial score (nSPS) is 10.6. The molecule has 3 nitrogen and oxygen atoms in total. The topological polar surface area (TPSA) is 36.4 Å². The molecule has 1 rings (SSSR count). The summed E-state index contributed by atoms with van der Waals surface area (Å²) in [5.74, 6) is 0.560. The maximum atomic E-state index is 13.2. The number of halogens is 2. The zero-order valence-corrected chi connectivity index (χ0v) is 11.8. The molecule has 1 aromatic rings. The van der Waals surface area contributed by atoms with Crippen LogP contribution in [0.3, 0.4) is 0 Å². The summed E-state index contributed by atoms with van der Waals surface area (Å²) in [6.07, 6.45) is 0.646. The van der Waals surface area contributed by atoms with E-state index in [0.29, 0.717) is 18.9 Å². The average Bonchev–Trinajstić information content (AvgIpc) is 2.27. The lowest BCUT2D eigenvalue weighted by molar-refractivity contribution is 0.607. The average molecular weight is 337 g/mol. The van der Waals surface area contributed by atoms with Crippen LogP contribution in [0.4, 0.5) is 4.39 Å². The van der Waals surface area contributed by atoms with Crippen molar-refractivity contribution in [1.29, 1.82) is 0 Å². The van der Waals surface area contributed by atoms with Crippen molar-refractivity contribution in [1.82, 2.24) is 10.6 Å². The standard InChI is InChI=1S/C11H16FN3.HI/c1-13-11(14-2)15-8-7-9-5-3-4-6-10(9)12;/h3-6H,7-8H2,1-2H3,(H2,13,14,15);1H. The Morgan fingerprint density at radius 3 is 2.62 bits per heavy atom. The number of hydrogen-bond acceptors (Lipinski definition) is 1. The van der Waals surface area contributed by atoms with Gasteiger partial charge in [-0.25, -0.2) is 4.39 Å². The number of nitrogens with zero attached hydrogens (tertiary/aromatic N) is 1. The first-order chi connectivity index (χ1) is 7.27. The zero-order chi connectivity index (χ0) is 11.1. The Labute approximate surface area is 113 Å². The van der Waals surface area contributed by atoms with Crippen LogP contribution < -0.4 is 10.6 Å². The first-order valence-electron chi connectivity index (χ1n) is 4.89. The highest BCUT2D eigenvalue weighted by Crippen LogP contribution is 2.05. The van der Waals surface area contributed by atoms with Crippen LogP contribution in [0, 0.1) is 5.82 Å². The third-order valence-corrected chi connectivity index (χ3v) is 2.11. The van der Waals surface area contributed by atoms with Crippen molar-refractivity contribution in [2.75, 3.05) is 20.6 Å². The van der Waals surface area contributed by atoms with Gasteiger partial charge < -0.3 is 10.6 Å². The zero-order valence-electron chi connectivity index (χ0n) is 9.46. The van der Waals surface area contributed by atoms with Gasteiger partial charge in [-0.05, 0) is 18.1 Å². The molecule has 0 saturated heterocycles. The molecule has 0 heterocycles. The van der Waals surface area contributed by atoms with E-state index in [2.05, 4.69) is 15.6 Å². The largest absolute Gasteiger partial charge is 0.359 e. The SMILES string of the molecule is CN=C(NC)NCCc1ccccc1F.I. The van der Waals surface area contributed by atoms with Gasteiger partial charge in [-0.15, -0.1) is 24.0 Å². The highest BCUT2D eigenvalue weighted by atomic mass is 127. The fraction of sp³-hybridized carbons (Fsp3) is 0.364. The summed E-state index contributed by atoms with van der Waals surface area (Å²) in [6, 6.07) is 6.80. The molecule has 0 spiro atoms. The number of guanidine groups is 1. The lowest BCUT2D eigenvalue weighted by Gasteiger charge is -2.08. The molecular weight excluding hydrogens is 320 g/mol. The van der Waals surface area contributed by atoms with E-state index in [-0.39, 0.29) is 29.8 Å². The van der Waals surface area contributed by atoms with Crippen molar-refractivity contribution in [3.05, 3.63) is 35.6 Å². The van der Waals surface area contributed by atoms with Crippen LogP contribution in [0.1, 0.15) is 5.56 Å². The Kier molecular flexibility index (Phi) is 7.88. The van der Waals surface area contributed by atoms with Crippen LogP contribution >= 0.6 is 24.0 Å². The van der Waals surface area contributed by atoms with Gasteiger partial charge in [-0.2, -0.15) is 0 Å². The van der Waals surface area contributed by atoms with Gasteiger partial charge >= 0.3 is 0 Å². The quantitative estimate of drug-likeness (QED) is 0.501. The molecule has 0 radical (unpaired) electrons. The lowest BCUT2D eigenvalue weighted by atomic mass is 10.1. The minimum absolute atomic E-state index is 0. The Hall–Kier alpha value is -0.850. The predicted octanol–water partition coefficient (Wildman–Crippen LogP) is 1.78. The van der Waals surface area contributed by atoms with Crippen molar-refractivity contribution in [3.63, 3.8) is 0 Å². The summed E-state index contributed by atoms with van der Waals surface area (Å²) in [5.41, 5.74) is 0.719. The molecule has 90 valence electrons. The van der Waals surface area contributed by atoms with Gasteiger partial charge in [0.1, 0.15) is 5.82 Å². The number of benzene rings is 1. The molecule has 0 aliphatic heterocycles. The Balaban J connectivity index is 0.00000225. The van der Waals surface area contributed by atoms with Crippen LogP contribution in [0.5, 0.6) is 0 Å². The highest BCUT2D eigenvalue weighted by Gasteiger charge is 2.00. The highest BCUT2D eigenvalue weighted by molar-refractivity contribution is 14.0. The van der Waals surface area contributed by atoms with Gasteiger partial charge in [0.05, 0.1) is 0 Å². The molecule has 0 fully saturated rings. The summed E-state index contributed by atoms with van der Waals surface area (Å²) in [4.78, 5) is 3.96. The predicted molar refractivity (Wildman–Crippen MR) is 75.9 cm³/mol. The van der Waals surface area contributed by atoms with E-state index in [4.69, 9.17) is 0 Å². The van der Waals surface area contributed by atoms with Crippen LogP contribution in [-0.4, -0.2) is 26.6 Å². The van der Waals surface area contributed by atoms with Gasteiger partial charge in [0.25, 0.3) is 0 Å². The van der Waals surface area contributed by atoms with E-state index < -0.39 is 0 Å². The maximum absolute atomic E-state index is 13.2. The molecule has 0 saturated carbocycles. The van der Waals surface area contributed by atoms with Crippen LogP contribution in [0.25, 0.3) is 0 Å². The summed E-state index contributed by atoms with van der Waals surface area (Å²) >= 11 is 0. The summed E-state index contributed by atoms with van der Waals surface area (Å²) in [5, 5.41) is 5.96. The second kappa shape index (κ2) is 8.32. The fourth-order valence-corrected chi connectivity index (χ4v) is 1.30. The molecule has 0 aliphatic rings. The molecule has 16 heavy (non-hydrogen) atoms. The second-order valence-corrected chi connectivity index (χ2v) is 3.09. The first-order valence-corrected chi connectivity index (χ1v) is 4.89. The number of aliphatic imine (C=N–C) groups is 1. The molecule has 1 aromatic carbocycles. The van der Waals surface area contributed by atoms with E-state index >= 15 is 0 Å². The van der Waals surface area contributed by atoms with Crippen molar-refractivity contribution in [2.24, 2.45) is 4.99 Å². The van der Waals surface area contributed by atoms with Gasteiger partial charge in [-0.1, -0.05) is 18.2 Å². The minimum Gasteiger partial charge on any atom is -0.359 e. The van der Waals surface area contributed by atoms with E-state index in [1.54, 1.807) is 26.2 Å². The molecule has 0 amide bonds. The van der Waals surface area contributed by atoms with Crippen LogP contribution in [-0.2, 0) is 6.42 Å². The fourth-order valence-electron chi connectivity index (χ4n) is 1.30. The number of hydrogen-bond donors (Lipinski definition) is 2. The summed E-state index contributed by atoms with van der Waals surface area (Å²) in [6.45, 7) is 0.661. The van der Waals surface area contributed by atoms with Gasteiger partial charge in [-0.3, -0.25) is 4.99 Å². The van der Waals surface area contributed by atoms with Gasteiger partial charge in [0, 0.05) is 20.6 Å². The number of rotatable bonds is 3. The Morgan fingerprint density at radius 1 is 1.38 bits per heavy atom. The van der Waals surface area contributed by atoms with Crippen molar-refractivity contribution >= 4 is 29.9 Å². The monoisotopic (exact) mass is 337 g/mol. The summed E-state index contributed by atoms with van der Waals surface area (Å²) < 4.78 is 13.2.